The average molecular weight is 361 g/mol. The van der Waals surface area contributed by atoms with Crippen LogP contribution in [0.4, 0.5) is 5.69 Å². The number of amides is 1. The van der Waals surface area contributed by atoms with Crippen LogP contribution < -0.4 is 9.62 Å². The van der Waals surface area contributed by atoms with Gasteiger partial charge in [-0.25, -0.2) is 13.1 Å². The molecule has 0 aliphatic rings. The van der Waals surface area contributed by atoms with Gasteiger partial charge in [-0.2, -0.15) is 0 Å². The number of nitrogens with zero attached hydrogens (tertiary/aromatic N) is 1. The number of nitrogens with one attached hydrogen (secondary N) is 1. The molecule has 0 spiro atoms. The summed E-state index contributed by atoms with van der Waals surface area (Å²) in [6.07, 6.45) is 1.44. The Morgan fingerprint density at radius 1 is 1.30 bits per heavy atom. The summed E-state index contributed by atoms with van der Waals surface area (Å²) in [5.74, 6) is -0.0694. The molecule has 0 aliphatic heterocycles. The van der Waals surface area contributed by atoms with Crippen molar-refractivity contribution in [3.63, 3.8) is 0 Å². The Kier molecular flexibility index (Phi) is 7.51. The lowest BCUT2D eigenvalue weighted by molar-refractivity contribution is -0.116. The number of benzene rings is 1. The summed E-state index contributed by atoms with van der Waals surface area (Å²) in [6, 6.07) is 3.74. The fraction of sp³-hybridized carbons (Fsp3) is 0.562. The van der Waals surface area contributed by atoms with E-state index in [1.807, 2.05) is 26.8 Å². The van der Waals surface area contributed by atoms with Crippen molar-refractivity contribution in [1.29, 1.82) is 0 Å². The lowest BCUT2D eigenvalue weighted by atomic mass is 10.1. The van der Waals surface area contributed by atoms with Gasteiger partial charge in [0.1, 0.15) is 0 Å². The van der Waals surface area contributed by atoms with Gasteiger partial charge in [0.05, 0.1) is 16.5 Å². The third-order valence-corrected chi connectivity index (χ3v) is 5.23. The highest BCUT2D eigenvalue weighted by atomic mass is 35.5. The van der Waals surface area contributed by atoms with E-state index >= 15 is 0 Å². The fourth-order valence-corrected chi connectivity index (χ4v) is 4.03. The van der Waals surface area contributed by atoms with E-state index in [1.54, 1.807) is 6.07 Å². The van der Waals surface area contributed by atoms with E-state index in [-0.39, 0.29) is 24.7 Å². The number of carbonyl (C=O) groups excluding carboxylic acids is 1. The quantitative estimate of drug-likeness (QED) is 0.774. The van der Waals surface area contributed by atoms with Crippen LogP contribution in [0.3, 0.4) is 0 Å². The van der Waals surface area contributed by atoms with Crippen LogP contribution in [-0.2, 0) is 14.8 Å². The molecule has 1 aromatic carbocycles. The van der Waals surface area contributed by atoms with Gasteiger partial charge in [0.2, 0.25) is 15.9 Å². The molecule has 1 N–H and O–H groups in total. The van der Waals surface area contributed by atoms with Crippen molar-refractivity contribution >= 4 is 33.2 Å². The molecule has 0 heterocycles. The minimum Gasteiger partial charge on any atom is -0.310 e. The van der Waals surface area contributed by atoms with Crippen LogP contribution in [0.15, 0.2) is 12.1 Å². The molecular weight excluding hydrogens is 336 g/mol. The summed E-state index contributed by atoms with van der Waals surface area (Å²) in [4.78, 5) is 13.5. The number of rotatable bonds is 8. The Morgan fingerprint density at radius 3 is 2.48 bits per heavy atom. The Hall–Kier alpha value is -1.11. The van der Waals surface area contributed by atoms with Crippen molar-refractivity contribution in [2.75, 3.05) is 23.7 Å². The standard InChI is InChI=1S/C16H25ClN2O3S/c1-5-6-9-23(21,22)18-7-8-19(14(4)20)16-13(3)10-12(2)11-15(16)17/h10-11,18H,5-9H2,1-4H3. The molecule has 0 saturated heterocycles. The number of aryl methyl sites for hydroxylation is 2. The van der Waals surface area contributed by atoms with Crippen LogP contribution in [0, 0.1) is 13.8 Å². The first-order valence-electron chi connectivity index (χ1n) is 7.70. The summed E-state index contributed by atoms with van der Waals surface area (Å²) in [5, 5.41) is 0.492. The number of unbranched alkanes of at least 4 members (excludes halogenated alkanes) is 1. The van der Waals surface area contributed by atoms with Crippen molar-refractivity contribution in [1.82, 2.24) is 4.72 Å². The molecule has 0 atom stereocenters. The maximum atomic E-state index is 12.0. The molecule has 0 radical (unpaired) electrons. The van der Waals surface area contributed by atoms with Crippen LogP contribution in [0.2, 0.25) is 5.02 Å². The zero-order valence-corrected chi connectivity index (χ0v) is 15.7. The van der Waals surface area contributed by atoms with E-state index in [0.717, 1.165) is 17.5 Å². The van der Waals surface area contributed by atoms with Crippen LogP contribution >= 0.6 is 11.6 Å². The molecule has 7 heteroatoms. The van der Waals surface area contributed by atoms with E-state index in [1.165, 1.54) is 11.8 Å². The van der Waals surface area contributed by atoms with Crippen molar-refractivity contribution < 1.29 is 13.2 Å². The number of carbonyl (C=O) groups is 1. The smallest absolute Gasteiger partial charge is 0.223 e. The SMILES string of the molecule is CCCCS(=O)(=O)NCCN(C(C)=O)c1c(C)cc(C)cc1Cl. The summed E-state index contributed by atoms with van der Waals surface area (Å²) < 4.78 is 26.2. The highest BCUT2D eigenvalue weighted by Gasteiger charge is 2.18. The predicted octanol–water partition coefficient (Wildman–Crippen LogP) is 3.03. The molecule has 130 valence electrons. The number of hydrogen-bond acceptors (Lipinski definition) is 3. The summed E-state index contributed by atoms with van der Waals surface area (Å²) >= 11 is 6.28. The van der Waals surface area contributed by atoms with E-state index in [0.29, 0.717) is 17.1 Å². The second-order valence-corrected chi connectivity index (χ2v) is 7.98. The van der Waals surface area contributed by atoms with Crippen molar-refractivity contribution in [2.45, 2.75) is 40.5 Å². The number of anilines is 1. The first kappa shape index (κ1) is 19.9. The van der Waals surface area contributed by atoms with E-state index in [4.69, 9.17) is 11.6 Å². The lowest BCUT2D eigenvalue weighted by Gasteiger charge is -2.25. The van der Waals surface area contributed by atoms with E-state index < -0.39 is 10.0 Å². The molecule has 0 unspecified atom stereocenters. The third-order valence-electron chi connectivity index (χ3n) is 3.47. The second-order valence-electron chi connectivity index (χ2n) is 5.65. The van der Waals surface area contributed by atoms with Crippen LogP contribution in [0.5, 0.6) is 0 Å². The van der Waals surface area contributed by atoms with Crippen molar-refractivity contribution in [3.8, 4) is 0 Å². The predicted molar refractivity (Wildman–Crippen MR) is 95.7 cm³/mol. The molecule has 1 aromatic rings. The summed E-state index contributed by atoms with van der Waals surface area (Å²) in [7, 11) is -3.30. The molecule has 1 amide bonds. The van der Waals surface area contributed by atoms with Gasteiger partial charge in [0.25, 0.3) is 0 Å². The van der Waals surface area contributed by atoms with Gasteiger partial charge < -0.3 is 4.90 Å². The van der Waals surface area contributed by atoms with Crippen molar-refractivity contribution in [3.05, 3.63) is 28.3 Å². The number of hydrogen-bond donors (Lipinski definition) is 1. The number of sulfonamides is 1. The van der Waals surface area contributed by atoms with Crippen LogP contribution in [0.25, 0.3) is 0 Å². The van der Waals surface area contributed by atoms with Gasteiger partial charge in [-0.05, 0) is 37.5 Å². The molecule has 0 bridgehead atoms. The van der Waals surface area contributed by atoms with Gasteiger partial charge >= 0.3 is 0 Å². The fourth-order valence-electron chi connectivity index (χ4n) is 2.40. The first-order valence-corrected chi connectivity index (χ1v) is 9.73. The van der Waals surface area contributed by atoms with Crippen LogP contribution in [0.1, 0.15) is 37.8 Å². The minimum atomic E-state index is -3.30. The summed E-state index contributed by atoms with van der Waals surface area (Å²) in [6.45, 7) is 7.61. The topological polar surface area (TPSA) is 66.5 Å². The molecule has 0 aliphatic carbocycles. The summed E-state index contributed by atoms with van der Waals surface area (Å²) in [5.41, 5.74) is 2.54. The van der Waals surface area contributed by atoms with Gasteiger partial charge in [0, 0.05) is 20.0 Å². The average Bonchev–Trinajstić information content (AvgIpc) is 2.42. The second kappa shape index (κ2) is 8.66. The minimum absolute atomic E-state index is 0.105. The van der Waals surface area contributed by atoms with E-state index in [2.05, 4.69) is 4.72 Å². The largest absolute Gasteiger partial charge is 0.310 e. The molecule has 23 heavy (non-hydrogen) atoms. The van der Waals surface area contributed by atoms with Crippen molar-refractivity contribution in [2.24, 2.45) is 0 Å². The van der Waals surface area contributed by atoms with Gasteiger partial charge in [-0.3, -0.25) is 4.79 Å². The zero-order chi connectivity index (χ0) is 17.6. The highest BCUT2D eigenvalue weighted by Crippen LogP contribution is 2.31. The molecule has 1 rings (SSSR count). The Morgan fingerprint density at radius 2 is 1.96 bits per heavy atom. The molecule has 0 aromatic heterocycles. The Balaban J connectivity index is 2.84. The monoisotopic (exact) mass is 360 g/mol. The van der Waals surface area contributed by atoms with Gasteiger partial charge in [-0.1, -0.05) is 31.0 Å². The Labute approximate surface area is 144 Å². The van der Waals surface area contributed by atoms with Gasteiger partial charge in [-0.15, -0.1) is 0 Å². The maximum Gasteiger partial charge on any atom is 0.223 e. The molecule has 0 fully saturated rings. The third kappa shape index (κ3) is 6.12. The zero-order valence-electron chi connectivity index (χ0n) is 14.1. The number of halogens is 1. The first-order chi connectivity index (χ1) is 10.7. The highest BCUT2D eigenvalue weighted by molar-refractivity contribution is 7.89. The lowest BCUT2D eigenvalue weighted by Crippen LogP contribution is -2.38. The Bertz CT molecular complexity index is 636. The molecule has 0 saturated carbocycles. The maximum absolute atomic E-state index is 12.0. The van der Waals surface area contributed by atoms with Crippen LogP contribution in [-0.4, -0.2) is 33.2 Å². The molecular formula is C16H25ClN2O3S. The van der Waals surface area contributed by atoms with Gasteiger partial charge in [0.15, 0.2) is 0 Å². The molecule has 5 nitrogen and oxygen atoms in total. The normalized spacial score (nSPS) is 11.5. The van der Waals surface area contributed by atoms with E-state index in [9.17, 15) is 13.2 Å².